The highest BCUT2D eigenvalue weighted by molar-refractivity contribution is 5.64. The number of hydrogen-bond donors (Lipinski definition) is 1. The second kappa shape index (κ2) is 4.28. The average Bonchev–Trinajstić information content (AvgIpc) is 1.58. The first kappa shape index (κ1) is 9.43. The van der Waals surface area contributed by atoms with Crippen molar-refractivity contribution in [1.29, 1.82) is 0 Å². The maximum absolute atomic E-state index is 10.0. The Morgan fingerprint density at radius 2 is 2.10 bits per heavy atom. The van der Waals surface area contributed by atoms with Crippen LogP contribution in [0.25, 0.3) is 0 Å². The minimum Gasteiger partial charge on any atom is -0.550 e. The minimum absolute atomic E-state index is 0.00463. The van der Waals surface area contributed by atoms with E-state index in [4.69, 9.17) is 0 Å². The van der Waals surface area contributed by atoms with Gasteiger partial charge >= 0.3 is 0 Å². The molecule has 0 fully saturated rings. The van der Waals surface area contributed by atoms with Crippen molar-refractivity contribution in [2.24, 2.45) is 5.92 Å². The van der Waals surface area contributed by atoms with E-state index in [9.17, 15) is 9.90 Å². The lowest BCUT2D eigenvalue weighted by Gasteiger charge is -2.10. The first-order chi connectivity index (χ1) is 4.52. The van der Waals surface area contributed by atoms with Crippen LogP contribution >= 0.6 is 0 Å². The van der Waals surface area contributed by atoms with Gasteiger partial charge in [-0.3, -0.25) is 0 Å². The van der Waals surface area contributed by atoms with Crippen LogP contribution in [0.15, 0.2) is 0 Å². The van der Waals surface area contributed by atoms with E-state index >= 15 is 0 Å². The quantitative estimate of drug-likeness (QED) is 0.539. The molecule has 0 bridgehead atoms. The minimum atomic E-state index is -0.999. The molecule has 0 aromatic heterocycles. The lowest BCUT2D eigenvalue weighted by atomic mass is 10.0. The van der Waals surface area contributed by atoms with E-state index in [0.717, 1.165) is 6.42 Å². The Hall–Kier alpha value is -0.570. The Bertz CT molecular complexity index is 112. The molecule has 0 aliphatic carbocycles. The topological polar surface area (TPSA) is 67.8 Å². The summed E-state index contributed by atoms with van der Waals surface area (Å²) in [5, 5.41) is 10.0. The van der Waals surface area contributed by atoms with E-state index < -0.39 is 5.97 Å². The highest BCUT2D eigenvalue weighted by Gasteiger charge is 2.07. The largest absolute Gasteiger partial charge is 0.550 e. The van der Waals surface area contributed by atoms with Crippen molar-refractivity contribution in [2.45, 2.75) is 32.7 Å². The molecule has 0 amide bonds. The first-order valence-electron chi connectivity index (χ1n) is 3.55. The molecule has 3 heteroatoms. The Morgan fingerprint density at radius 3 is 2.40 bits per heavy atom. The number of carboxylic acids is 1. The van der Waals surface area contributed by atoms with Crippen LogP contribution in [0, 0.1) is 5.92 Å². The fourth-order valence-corrected chi connectivity index (χ4v) is 0.986. The van der Waals surface area contributed by atoms with Crippen LogP contribution in [-0.4, -0.2) is 12.0 Å². The van der Waals surface area contributed by atoms with E-state index in [2.05, 4.69) is 5.73 Å². The molecule has 0 spiro atoms. The first-order valence-corrected chi connectivity index (χ1v) is 3.55. The van der Waals surface area contributed by atoms with Crippen LogP contribution in [0.1, 0.15) is 26.7 Å². The Labute approximate surface area is 61.2 Å². The van der Waals surface area contributed by atoms with Crippen molar-refractivity contribution in [1.82, 2.24) is 0 Å². The summed E-state index contributed by atoms with van der Waals surface area (Å²) in [4.78, 5) is 10.0. The molecule has 1 atom stereocenters. The summed E-state index contributed by atoms with van der Waals surface area (Å²) in [5.41, 5.74) is 3.70. The number of carboxylic acid groups (broad SMARTS) is 1. The predicted molar refractivity (Wildman–Crippen MR) is 35.8 cm³/mol. The number of carbonyl (C=O) groups is 1. The molecule has 0 saturated heterocycles. The summed E-state index contributed by atoms with van der Waals surface area (Å²) in [5.74, 6) is -0.484. The number of rotatable bonds is 4. The molecule has 0 saturated carbocycles. The lowest BCUT2D eigenvalue weighted by molar-refractivity contribution is -0.427. The highest BCUT2D eigenvalue weighted by Crippen LogP contribution is 2.02. The molecule has 60 valence electrons. The van der Waals surface area contributed by atoms with Crippen LogP contribution < -0.4 is 10.8 Å². The number of hydrogen-bond acceptors (Lipinski definition) is 2. The van der Waals surface area contributed by atoms with Gasteiger partial charge in [0.1, 0.15) is 0 Å². The van der Waals surface area contributed by atoms with Crippen LogP contribution in [0.3, 0.4) is 0 Å². The van der Waals surface area contributed by atoms with Gasteiger partial charge in [0.05, 0.1) is 6.04 Å². The fraction of sp³-hybridized carbons (Fsp3) is 0.857. The second-order valence-corrected chi connectivity index (χ2v) is 3.07. The summed E-state index contributed by atoms with van der Waals surface area (Å²) in [6.07, 6.45) is 0.937. The standard InChI is InChI=1S/C7H15NO2/c1-5(2)3-6(8)4-7(9)10/h5-6H,3-4,8H2,1-2H3,(H,9,10)/t6-/m1/s1. The van der Waals surface area contributed by atoms with Gasteiger partial charge in [0.25, 0.3) is 0 Å². The molecular formula is C7H15NO2. The monoisotopic (exact) mass is 145 g/mol. The van der Waals surface area contributed by atoms with Gasteiger partial charge in [-0.15, -0.1) is 0 Å². The normalized spacial score (nSPS) is 13.6. The molecule has 3 nitrogen and oxygen atoms in total. The molecule has 0 aromatic rings. The number of carbonyl (C=O) groups excluding carboxylic acids is 1. The van der Waals surface area contributed by atoms with Gasteiger partial charge in [0, 0.05) is 18.8 Å². The second-order valence-electron chi connectivity index (χ2n) is 3.07. The van der Waals surface area contributed by atoms with Gasteiger partial charge < -0.3 is 15.6 Å². The van der Waals surface area contributed by atoms with Crippen molar-refractivity contribution in [3.05, 3.63) is 0 Å². The van der Waals surface area contributed by atoms with Gasteiger partial charge in [-0.1, -0.05) is 13.8 Å². The number of aliphatic carboxylic acids is 1. The van der Waals surface area contributed by atoms with Gasteiger partial charge in [-0.25, -0.2) is 0 Å². The lowest BCUT2D eigenvalue weighted by Crippen LogP contribution is -2.62. The molecule has 0 aliphatic rings. The molecule has 0 aliphatic heterocycles. The van der Waals surface area contributed by atoms with Crippen LogP contribution in [-0.2, 0) is 4.79 Å². The van der Waals surface area contributed by atoms with Crippen molar-refractivity contribution in [3.8, 4) is 0 Å². The van der Waals surface area contributed by atoms with E-state index in [1.54, 1.807) is 0 Å². The Kier molecular flexibility index (Phi) is 4.03. The van der Waals surface area contributed by atoms with E-state index in [1.807, 2.05) is 13.8 Å². The summed E-state index contributed by atoms with van der Waals surface area (Å²) >= 11 is 0. The zero-order valence-corrected chi connectivity index (χ0v) is 6.59. The van der Waals surface area contributed by atoms with E-state index in [-0.39, 0.29) is 12.5 Å². The Balaban J connectivity index is 3.43. The third-order valence-corrected chi connectivity index (χ3v) is 1.26. The SMILES string of the molecule is CC(C)C[C@@H]([NH3+])CC(=O)[O-]. The fourth-order valence-electron chi connectivity index (χ4n) is 0.986. The molecule has 3 N–H and O–H groups in total. The van der Waals surface area contributed by atoms with E-state index in [0.29, 0.717) is 5.92 Å². The van der Waals surface area contributed by atoms with Gasteiger partial charge in [0.15, 0.2) is 0 Å². The zero-order valence-electron chi connectivity index (χ0n) is 6.59. The Morgan fingerprint density at radius 1 is 1.60 bits per heavy atom. The third kappa shape index (κ3) is 5.56. The molecule has 0 radical (unpaired) electrons. The van der Waals surface area contributed by atoms with Gasteiger partial charge in [-0.2, -0.15) is 0 Å². The van der Waals surface area contributed by atoms with Gasteiger partial charge in [-0.05, 0) is 5.92 Å². The molecule has 0 heterocycles. The molecular weight excluding hydrogens is 130 g/mol. The van der Waals surface area contributed by atoms with Crippen LogP contribution in [0.4, 0.5) is 0 Å². The van der Waals surface area contributed by atoms with E-state index in [1.165, 1.54) is 0 Å². The summed E-state index contributed by atoms with van der Waals surface area (Å²) < 4.78 is 0. The van der Waals surface area contributed by atoms with Crippen molar-refractivity contribution < 1.29 is 15.6 Å². The van der Waals surface area contributed by atoms with Gasteiger partial charge in [0.2, 0.25) is 0 Å². The number of quaternary nitrogens is 1. The summed E-state index contributed by atoms with van der Waals surface area (Å²) in [6.45, 7) is 4.10. The predicted octanol–water partition coefficient (Wildman–Crippen LogP) is -1.22. The van der Waals surface area contributed by atoms with Crippen molar-refractivity contribution >= 4 is 5.97 Å². The molecule has 0 aromatic carbocycles. The van der Waals surface area contributed by atoms with Crippen LogP contribution in [0.5, 0.6) is 0 Å². The zero-order chi connectivity index (χ0) is 8.15. The summed E-state index contributed by atoms with van der Waals surface area (Å²) in [6, 6.07) is 0.00463. The smallest absolute Gasteiger partial charge is 0.0898 e. The maximum Gasteiger partial charge on any atom is 0.0898 e. The molecule has 0 rings (SSSR count). The maximum atomic E-state index is 10.0. The molecule has 10 heavy (non-hydrogen) atoms. The van der Waals surface area contributed by atoms with Crippen molar-refractivity contribution in [2.75, 3.05) is 0 Å². The van der Waals surface area contributed by atoms with Crippen molar-refractivity contribution in [3.63, 3.8) is 0 Å². The average molecular weight is 145 g/mol. The highest BCUT2D eigenvalue weighted by atomic mass is 16.4. The summed E-state index contributed by atoms with van der Waals surface area (Å²) in [7, 11) is 0. The van der Waals surface area contributed by atoms with Crippen LogP contribution in [0.2, 0.25) is 0 Å². The third-order valence-electron chi connectivity index (χ3n) is 1.26. The molecule has 0 unspecified atom stereocenters.